The number of amides is 1. The molecule has 0 saturated carbocycles. The Balaban J connectivity index is 1.53. The van der Waals surface area contributed by atoms with E-state index < -0.39 is 0 Å². The highest BCUT2D eigenvalue weighted by Gasteiger charge is 2.18. The number of ether oxygens (including phenoxy) is 2. The van der Waals surface area contributed by atoms with Crippen LogP contribution >= 0.6 is 39.3 Å². The number of rotatable bonds is 5. The molecule has 2 aromatic rings. The topological polar surface area (TPSA) is 47.6 Å². The Hall–Kier alpha value is -1.37. The normalized spacial score (nSPS) is 12.3. The van der Waals surface area contributed by atoms with Gasteiger partial charge in [-0.15, -0.1) is 11.8 Å². The maximum atomic E-state index is 12.1. The van der Waals surface area contributed by atoms with Crippen molar-refractivity contribution < 1.29 is 14.3 Å². The van der Waals surface area contributed by atoms with Gasteiger partial charge in [0.25, 0.3) is 0 Å². The first-order valence-corrected chi connectivity index (χ1v) is 9.57. The second-order valence-electron chi connectivity index (χ2n) is 5.34. The number of aryl methyl sites for hydroxylation is 1. The molecular weight excluding hydrogens is 414 g/mol. The summed E-state index contributed by atoms with van der Waals surface area (Å²) < 4.78 is 11.5. The minimum absolute atomic E-state index is 0.0450. The van der Waals surface area contributed by atoms with Crippen molar-refractivity contribution in [1.29, 1.82) is 0 Å². The molecule has 0 spiro atoms. The molecule has 0 saturated heterocycles. The van der Waals surface area contributed by atoms with Crippen molar-refractivity contribution in [2.45, 2.75) is 12.7 Å². The first-order chi connectivity index (χ1) is 11.5. The summed E-state index contributed by atoms with van der Waals surface area (Å²) in [7, 11) is 0. The molecule has 0 atom stereocenters. The van der Waals surface area contributed by atoms with E-state index >= 15 is 0 Å². The van der Waals surface area contributed by atoms with Crippen LogP contribution in [0.5, 0.6) is 11.5 Å². The standard InChI is InChI=1S/C17H15BrClNO3S/c1-10-2-3-14(12(18)4-10)20-16(21)8-24-7-11-5-13(19)17-15(6-11)22-9-23-17/h2-6H,7-9H2,1H3,(H,20,21). The third-order valence-electron chi connectivity index (χ3n) is 3.39. The van der Waals surface area contributed by atoms with Crippen LogP contribution in [0.1, 0.15) is 11.1 Å². The number of thioether (sulfide) groups is 1. The zero-order valence-electron chi connectivity index (χ0n) is 12.9. The van der Waals surface area contributed by atoms with Crippen LogP contribution in [0.4, 0.5) is 5.69 Å². The van der Waals surface area contributed by atoms with Gasteiger partial charge in [0.15, 0.2) is 11.5 Å². The maximum Gasteiger partial charge on any atom is 0.234 e. The van der Waals surface area contributed by atoms with Crippen molar-refractivity contribution >= 4 is 50.9 Å². The Kier molecular flexibility index (Phi) is 5.58. The maximum absolute atomic E-state index is 12.1. The molecule has 0 aromatic heterocycles. The number of hydrogen-bond acceptors (Lipinski definition) is 4. The Morgan fingerprint density at radius 2 is 2.17 bits per heavy atom. The van der Waals surface area contributed by atoms with E-state index in [9.17, 15) is 4.79 Å². The van der Waals surface area contributed by atoms with Crippen molar-refractivity contribution in [3.63, 3.8) is 0 Å². The molecule has 1 aliphatic heterocycles. The Labute approximate surface area is 158 Å². The molecule has 7 heteroatoms. The van der Waals surface area contributed by atoms with E-state index in [1.165, 1.54) is 11.8 Å². The summed E-state index contributed by atoms with van der Waals surface area (Å²) in [6.45, 7) is 2.20. The van der Waals surface area contributed by atoms with Crippen LogP contribution in [-0.2, 0) is 10.5 Å². The Morgan fingerprint density at radius 1 is 1.33 bits per heavy atom. The van der Waals surface area contributed by atoms with Crippen molar-refractivity contribution in [2.75, 3.05) is 17.9 Å². The lowest BCUT2D eigenvalue weighted by atomic mass is 10.2. The van der Waals surface area contributed by atoms with E-state index in [0.717, 1.165) is 21.3 Å². The third-order valence-corrected chi connectivity index (χ3v) is 5.33. The first-order valence-electron chi connectivity index (χ1n) is 7.24. The fourth-order valence-corrected chi connectivity index (χ4v) is 3.92. The number of benzene rings is 2. The van der Waals surface area contributed by atoms with Gasteiger partial charge in [-0.3, -0.25) is 4.79 Å². The largest absolute Gasteiger partial charge is 0.454 e. The predicted molar refractivity (Wildman–Crippen MR) is 101 cm³/mol. The Bertz CT molecular complexity index is 785. The van der Waals surface area contributed by atoms with E-state index in [-0.39, 0.29) is 12.7 Å². The molecule has 1 amide bonds. The average Bonchev–Trinajstić information content (AvgIpc) is 2.99. The lowest BCUT2D eigenvalue weighted by Crippen LogP contribution is -2.14. The van der Waals surface area contributed by atoms with Crippen molar-refractivity contribution in [2.24, 2.45) is 0 Å². The van der Waals surface area contributed by atoms with Gasteiger partial charge in [0.2, 0.25) is 12.7 Å². The highest BCUT2D eigenvalue weighted by Crippen LogP contribution is 2.40. The highest BCUT2D eigenvalue weighted by molar-refractivity contribution is 9.10. The predicted octanol–water partition coefficient (Wildman–Crippen LogP) is 5.01. The van der Waals surface area contributed by atoms with Gasteiger partial charge in [-0.1, -0.05) is 17.7 Å². The minimum Gasteiger partial charge on any atom is -0.454 e. The van der Waals surface area contributed by atoms with Crippen LogP contribution in [-0.4, -0.2) is 18.5 Å². The molecule has 1 N–H and O–H groups in total. The van der Waals surface area contributed by atoms with Crippen LogP contribution < -0.4 is 14.8 Å². The average molecular weight is 429 g/mol. The number of carbonyl (C=O) groups is 1. The van der Waals surface area contributed by atoms with Crippen LogP contribution in [0.2, 0.25) is 5.02 Å². The van der Waals surface area contributed by atoms with E-state index in [0.29, 0.717) is 28.0 Å². The third kappa shape index (κ3) is 4.18. The molecule has 4 nitrogen and oxygen atoms in total. The van der Waals surface area contributed by atoms with Crippen LogP contribution in [0, 0.1) is 6.92 Å². The molecular formula is C17H15BrClNO3S. The fraction of sp³-hybridized carbons (Fsp3) is 0.235. The molecule has 24 heavy (non-hydrogen) atoms. The summed E-state index contributed by atoms with van der Waals surface area (Å²) in [5.41, 5.74) is 2.91. The number of halogens is 2. The van der Waals surface area contributed by atoms with Gasteiger partial charge in [-0.2, -0.15) is 0 Å². The molecule has 126 valence electrons. The number of fused-ring (bicyclic) bond motifs is 1. The van der Waals surface area contributed by atoms with E-state index in [1.54, 1.807) is 0 Å². The van der Waals surface area contributed by atoms with Crippen LogP contribution in [0.25, 0.3) is 0 Å². The lowest BCUT2D eigenvalue weighted by Gasteiger charge is -2.08. The molecule has 1 heterocycles. The summed E-state index contributed by atoms with van der Waals surface area (Å²) in [4.78, 5) is 12.1. The number of nitrogens with one attached hydrogen (secondary N) is 1. The summed E-state index contributed by atoms with van der Waals surface area (Å²) >= 11 is 11.1. The molecule has 1 aliphatic rings. The first kappa shape index (κ1) is 17.5. The van der Waals surface area contributed by atoms with Gasteiger partial charge < -0.3 is 14.8 Å². The fourth-order valence-electron chi connectivity index (χ4n) is 2.27. The summed E-state index contributed by atoms with van der Waals surface area (Å²) in [6, 6.07) is 9.56. The van der Waals surface area contributed by atoms with E-state index in [4.69, 9.17) is 21.1 Å². The SMILES string of the molecule is Cc1ccc(NC(=O)CSCc2cc(Cl)c3c(c2)OCO3)c(Br)c1. The van der Waals surface area contributed by atoms with Gasteiger partial charge in [0.1, 0.15) is 0 Å². The zero-order chi connectivity index (χ0) is 17.1. The molecule has 0 radical (unpaired) electrons. The number of carbonyl (C=O) groups excluding carboxylic acids is 1. The minimum atomic E-state index is -0.0450. The number of hydrogen-bond donors (Lipinski definition) is 1. The molecule has 0 fully saturated rings. The van der Waals surface area contributed by atoms with Gasteiger partial charge in [-0.05, 0) is 58.2 Å². The summed E-state index contributed by atoms with van der Waals surface area (Å²) in [6.07, 6.45) is 0. The van der Waals surface area contributed by atoms with Crippen molar-refractivity contribution in [1.82, 2.24) is 0 Å². The van der Waals surface area contributed by atoms with E-state index in [1.807, 2.05) is 37.3 Å². The van der Waals surface area contributed by atoms with Gasteiger partial charge in [0, 0.05) is 10.2 Å². The van der Waals surface area contributed by atoms with Crippen molar-refractivity contribution in [3.8, 4) is 11.5 Å². The van der Waals surface area contributed by atoms with Crippen molar-refractivity contribution in [3.05, 3.63) is 51.0 Å². The zero-order valence-corrected chi connectivity index (χ0v) is 16.1. The molecule has 0 bridgehead atoms. The van der Waals surface area contributed by atoms with Gasteiger partial charge in [0.05, 0.1) is 16.5 Å². The quantitative estimate of drug-likeness (QED) is 0.727. The smallest absolute Gasteiger partial charge is 0.234 e. The van der Waals surface area contributed by atoms with Gasteiger partial charge in [-0.25, -0.2) is 0 Å². The number of anilines is 1. The van der Waals surface area contributed by atoms with Crippen LogP contribution in [0.15, 0.2) is 34.8 Å². The Morgan fingerprint density at radius 3 is 2.96 bits per heavy atom. The van der Waals surface area contributed by atoms with Crippen LogP contribution in [0.3, 0.4) is 0 Å². The molecule has 0 aliphatic carbocycles. The summed E-state index contributed by atoms with van der Waals surface area (Å²) in [5, 5.41) is 3.44. The second kappa shape index (κ2) is 7.68. The van der Waals surface area contributed by atoms with Gasteiger partial charge >= 0.3 is 0 Å². The molecule has 0 unspecified atom stereocenters. The molecule has 2 aromatic carbocycles. The van der Waals surface area contributed by atoms with E-state index in [2.05, 4.69) is 21.2 Å². The monoisotopic (exact) mass is 427 g/mol. The highest BCUT2D eigenvalue weighted by atomic mass is 79.9. The lowest BCUT2D eigenvalue weighted by molar-refractivity contribution is -0.113. The molecule has 3 rings (SSSR count). The summed E-state index contributed by atoms with van der Waals surface area (Å²) in [5.74, 6) is 2.22. The second-order valence-corrected chi connectivity index (χ2v) is 7.58.